The molecule has 1 spiro atoms. The number of likely N-dealkylation sites (N-methyl/N-ethyl adjacent to an activating group) is 1. The molecule has 1 aromatic carbocycles. The van der Waals surface area contributed by atoms with Gasteiger partial charge in [-0.1, -0.05) is 6.07 Å². The van der Waals surface area contributed by atoms with Crippen LogP contribution in [0.15, 0.2) is 35.0 Å². The van der Waals surface area contributed by atoms with Gasteiger partial charge in [0.15, 0.2) is 11.5 Å². The van der Waals surface area contributed by atoms with Crippen LogP contribution in [0.25, 0.3) is 6.08 Å². The lowest BCUT2D eigenvalue weighted by molar-refractivity contribution is -0.200. The zero-order valence-corrected chi connectivity index (χ0v) is 20.8. The largest absolute Gasteiger partial charge is 0.504 e. The van der Waals surface area contributed by atoms with E-state index in [0.717, 1.165) is 43.0 Å². The van der Waals surface area contributed by atoms with Crippen LogP contribution in [0.2, 0.25) is 0 Å². The minimum atomic E-state index is -0.927. The number of ether oxygens (including phenoxy) is 1. The van der Waals surface area contributed by atoms with E-state index in [4.69, 9.17) is 4.74 Å². The maximum absolute atomic E-state index is 13.2. The summed E-state index contributed by atoms with van der Waals surface area (Å²) in [5, 5.41) is 27.4. The first-order chi connectivity index (χ1) is 16.9. The molecule has 3 aliphatic carbocycles. The lowest BCUT2D eigenvalue weighted by Crippen LogP contribution is -2.78. The number of amides is 1. The molecule has 2 bridgehead atoms. The van der Waals surface area contributed by atoms with Crippen LogP contribution in [0.4, 0.5) is 0 Å². The van der Waals surface area contributed by atoms with Crippen LogP contribution >= 0.6 is 11.3 Å². The van der Waals surface area contributed by atoms with Crippen molar-refractivity contribution in [3.8, 4) is 11.5 Å². The summed E-state index contributed by atoms with van der Waals surface area (Å²) in [5.41, 5.74) is 1.68. The highest BCUT2D eigenvalue weighted by molar-refractivity contribution is 7.08. The number of thiophene rings is 1. The van der Waals surface area contributed by atoms with Crippen LogP contribution in [0.5, 0.6) is 11.5 Å². The van der Waals surface area contributed by atoms with Gasteiger partial charge in [-0.25, -0.2) is 0 Å². The SMILES string of the molecule is CN(C(=O)/C=C/c1ccsc1)[C@@H]1CC[C@@]2(O)[C@H]3Cc4ccc(O)c5c4[C@@]2(CCN3CC2CC2)C1O5. The van der Waals surface area contributed by atoms with Gasteiger partial charge >= 0.3 is 0 Å². The van der Waals surface area contributed by atoms with Crippen molar-refractivity contribution in [1.29, 1.82) is 0 Å². The standard InChI is InChI=1S/C28H32N2O4S/c1-29(23(32)7-4-18-9-13-35-16-18)20-8-10-28(33)22-14-19-5-6-21(31)25-24(19)27(28,26(20)34-25)11-12-30(22)15-17-2-3-17/h4-7,9,13,16-17,20,22,26,31,33H,2-3,8,10-12,14-15H2,1H3/b7-4+/t20-,22-,26?,27+,28-/m1/s1. The molecule has 1 unspecified atom stereocenters. The summed E-state index contributed by atoms with van der Waals surface area (Å²) in [6.45, 7) is 1.98. The Bertz CT molecular complexity index is 1210. The first-order valence-corrected chi connectivity index (χ1v) is 13.8. The fourth-order valence-corrected chi connectivity index (χ4v) is 8.30. The minimum absolute atomic E-state index is 0.0476. The van der Waals surface area contributed by atoms with Gasteiger partial charge in [0, 0.05) is 31.3 Å². The third-order valence-electron chi connectivity index (χ3n) is 9.54. The van der Waals surface area contributed by atoms with Gasteiger partial charge in [0.25, 0.3) is 0 Å². The van der Waals surface area contributed by atoms with Crippen LogP contribution in [0.3, 0.4) is 0 Å². The second-order valence-electron chi connectivity index (χ2n) is 11.2. The van der Waals surface area contributed by atoms with Crippen molar-refractivity contribution in [3.05, 3.63) is 51.7 Å². The van der Waals surface area contributed by atoms with E-state index >= 15 is 0 Å². The first-order valence-electron chi connectivity index (χ1n) is 12.9. The van der Waals surface area contributed by atoms with Gasteiger partial charge in [0.2, 0.25) is 5.91 Å². The molecular weight excluding hydrogens is 460 g/mol. The smallest absolute Gasteiger partial charge is 0.246 e. The number of aliphatic hydroxyl groups is 1. The predicted octanol–water partition coefficient (Wildman–Crippen LogP) is 3.56. The number of benzene rings is 1. The van der Waals surface area contributed by atoms with E-state index in [1.54, 1.807) is 28.4 Å². The number of phenols is 1. The molecule has 1 saturated heterocycles. The molecule has 3 fully saturated rings. The highest BCUT2D eigenvalue weighted by atomic mass is 32.1. The van der Waals surface area contributed by atoms with E-state index in [0.29, 0.717) is 18.6 Å². The van der Waals surface area contributed by atoms with Gasteiger partial charge in [-0.05, 0) is 91.1 Å². The highest BCUT2D eigenvalue weighted by Crippen LogP contribution is 2.66. The third kappa shape index (κ3) is 2.98. The summed E-state index contributed by atoms with van der Waals surface area (Å²) in [5.74, 6) is 1.36. The van der Waals surface area contributed by atoms with Crippen molar-refractivity contribution in [1.82, 2.24) is 9.80 Å². The number of hydrogen-bond acceptors (Lipinski definition) is 6. The summed E-state index contributed by atoms with van der Waals surface area (Å²) >= 11 is 1.61. The molecule has 7 heteroatoms. The maximum atomic E-state index is 13.2. The molecule has 1 amide bonds. The Morgan fingerprint density at radius 3 is 2.91 bits per heavy atom. The molecule has 6 nitrogen and oxygen atoms in total. The average molecular weight is 493 g/mol. The number of phenolic OH excluding ortho intramolecular Hbond substituents is 1. The van der Waals surface area contributed by atoms with Crippen molar-refractivity contribution >= 4 is 23.3 Å². The molecule has 5 aliphatic rings. The molecule has 35 heavy (non-hydrogen) atoms. The first kappa shape index (κ1) is 21.9. The van der Waals surface area contributed by atoms with Crippen LogP contribution < -0.4 is 4.74 Å². The second-order valence-corrected chi connectivity index (χ2v) is 12.0. The number of carbonyl (C=O) groups is 1. The van der Waals surface area contributed by atoms with Crippen molar-refractivity contribution in [2.24, 2.45) is 5.92 Å². The van der Waals surface area contributed by atoms with Crippen molar-refractivity contribution in [2.45, 2.75) is 67.7 Å². The Balaban J connectivity index is 1.28. The number of nitrogens with zero attached hydrogens (tertiary/aromatic N) is 2. The monoisotopic (exact) mass is 492 g/mol. The van der Waals surface area contributed by atoms with Gasteiger partial charge in [-0.15, -0.1) is 0 Å². The van der Waals surface area contributed by atoms with Crippen LogP contribution in [0, 0.1) is 5.92 Å². The molecule has 2 saturated carbocycles. The minimum Gasteiger partial charge on any atom is -0.504 e. The average Bonchev–Trinajstić information content (AvgIpc) is 3.36. The number of piperidine rings is 1. The Morgan fingerprint density at radius 2 is 2.14 bits per heavy atom. The Hall–Kier alpha value is -2.35. The third-order valence-corrected chi connectivity index (χ3v) is 10.2. The van der Waals surface area contributed by atoms with Gasteiger partial charge in [-0.3, -0.25) is 9.69 Å². The number of carbonyl (C=O) groups excluding carboxylic acids is 1. The number of aromatic hydroxyl groups is 1. The van der Waals surface area contributed by atoms with Crippen LogP contribution in [0.1, 0.15) is 48.8 Å². The van der Waals surface area contributed by atoms with Crippen molar-refractivity contribution in [3.63, 3.8) is 0 Å². The fraction of sp³-hybridized carbons (Fsp3) is 0.536. The van der Waals surface area contributed by atoms with Gasteiger partial charge in [-0.2, -0.15) is 11.3 Å². The summed E-state index contributed by atoms with van der Waals surface area (Å²) < 4.78 is 6.59. The molecule has 2 aromatic rings. The van der Waals surface area contributed by atoms with Gasteiger partial charge in [0.1, 0.15) is 6.10 Å². The van der Waals surface area contributed by atoms with Crippen molar-refractivity contribution in [2.75, 3.05) is 20.1 Å². The van der Waals surface area contributed by atoms with Crippen LogP contribution in [-0.4, -0.2) is 69.8 Å². The fourth-order valence-electron chi connectivity index (χ4n) is 7.67. The van der Waals surface area contributed by atoms with Crippen LogP contribution in [-0.2, 0) is 16.6 Å². The number of hydrogen-bond donors (Lipinski definition) is 2. The normalized spacial score (nSPS) is 35.1. The molecule has 184 valence electrons. The Kier molecular flexibility index (Phi) is 4.74. The van der Waals surface area contributed by atoms with E-state index in [1.165, 1.54) is 18.4 Å². The quantitative estimate of drug-likeness (QED) is 0.625. The second kappa shape index (κ2) is 7.58. The topological polar surface area (TPSA) is 73.2 Å². The van der Waals surface area contributed by atoms with E-state index in [2.05, 4.69) is 4.90 Å². The lowest BCUT2D eigenvalue weighted by Gasteiger charge is -2.64. The maximum Gasteiger partial charge on any atom is 0.246 e. The number of rotatable bonds is 5. The van der Waals surface area contributed by atoms with E-state index in [9.17, 15) is 15.0 Å². The molecule has 7 rings (SSSR count). The zero-order chi connectivity index (χ0) is 23.9. The lowest BCUT2D eigenvalue weighted by atomic mass is 9.48. The van der Waals surface area contributed by atoms with Gasteiger partial charge in [0.05, 0.1) is 17.1 Å². The molecule has 0 radical (unpaired) electrons. The Morgan fingerprint density at radius 1 is 1.29 bits per heavy atom. The Labute approximate surface area is 209 Å². The summed E-state index contributed by atoms with van der Waals surface area (Å²) in [4.78, 5) is 17.6. The summed E-state index contributed by atoms with van der Waals surface area (Å²) in [6.07, 6.45) is 8.57. The predicted molar refractivity (Wildman–Crippen MR) is 135 cm³/mol. The summed E-state index contributed by atoms with van der Waals surface area (Å²) in [6, 6.07) is 5.62. The van der Waals surface area contributed by atoms with Crippen molar-refractivity contribution < 1.29 is 19.7 Å². The molecule has 1 aromatic heterocycles. The molecular formula is C28H32N2O4S. The van der Waals surface area contributed by atoms with Gasteiger partial charge < -0.3 is 19.8 Å². The van der Waals surface area contributed by atoms with E-state index in [-0.39, 0.29) is 29.8 Å². The highest BCUT2D eigenvalue weighted by Gasteiger charge is 2.73. The summed E-state index contributed by atoms with van der Waals surface area (Å²) in [7, 11) is 1.85. The molecule has 5 atom stereocenters. The molecule has 3 heterocycles. The number of likely N-dealkylation sites (tertiary alicyclic amines) is 1. The van der Waals surface area contributed by atoms with E-state index in [1.807, 2.05) is 36.0 Å². The molecule has 2 aliphatic heterocycles. The van der Waals surface area contributed by atoms with E-state index < -0.39 is 11.0 Å². The molecule has 2 N–H and O–H groups in total. The zero-order valence-electron chi connectivity index (χ0n) is 20.0.